The van der Waals surface area contributed by atoms with Crippen LogP contribution in [0.5, 0.6) is 0 Å². The van der Waals surface area contributed by atoms with Crippen molar-refractivity contribution in [2.24, 2.45) is 5.10 Å². The van der Waals surface area contributed by atoms with Gasteiger partial charge in [-0.05, 0) is 13.0 Å². The van der Waals surface area contributed by atoms with Crippen molar-refractivity contribution in [2.75, 3.05) is 7.05 Å². The molecule has 0 aliphatic carbocycles. The van der Waals surface area contributed by atoms with Gasteiger partial charge >= 0.3 is 0 Å². The van der Waals surface area contributed by atoms with Crippen molar-refractivity contribution in [3.63, 3.8) is 0 Å². The van der Waals surface area contributed by atoms with Crippen molar-refractivity contribution >= 4 is 40.5 Å². The smallest absolute Gasteiger partial charge is 0.0785 e. The van der Waals surface area contributed by atoms with Gasteiger partial charge < -0.3 is 5.43 Å². The topological polar surface area (TPSA) is 24.4 Å². The molecule has 0 bridgehead atoms. The summed E-state index contributed by atoms with van der Waals surface area (Å²) in [5.41, 5.74) is 4.21. The second kappa shape index (κ2) is 4.87. The molecule has 0 heterocycles. The van der Waals surface area contributed by atoms with Crippen LogP contribution >= 0.6 is 34.8 Å². The molecule has 0 aliphatic heterocycles. The molecule has 1 aromatic rings. The normalized spacial score (nSPS) is 11.6. The number of nitrogens with one attached hydrogen (secondary N) is 1. The number of nitrogens with zero attached hydrogens (tertiary/aromatic N) is 1. The van der Waals surface area contributed by atoms with Crippen LogP contribution in [0.15, 0.2) is 17.2 Å². The molecule has 0 amide bonds. The van der Waals surface area contributed by atoms with Crippen LogP contribution in [0.1, 0.15) is 12.5 Å². The first kappa shape index (κ1) is 11.6. The highest BCUT2D eigenvalue weighted by Crippen LogP contribution is 2.32. The van der Waals surface area contributed by atoms with E-state index in [4.69, 9.17) is 34.8 Å². The number of hydrazone groups is 1. The molecule has 0 saturated heterocycles. The molecule has 1 rings (SSSR count). The van der Waals surface area contributed by atoms with Crippen molar-refractivity contribution in [1.29, 1.82) is 0 Å². The van der Waals surface area contributed by atoms with E-state index in [-0.39, 0.29) is 0 Å². The third kappa shape index (κ3) is 2.32. The van der Waals surface area contributed by atoms with Crippen molar-refractivity contribution in [3.05, 3.63) is 32.8 Å². The van der Waals surface area contributed by atoms with Crippen molar-refractivity contribution in [1.82, 2.24) is 5.43 Å². The van der Waals surface area contributed by atoms with E-state index in [0.717, 1.165) is 11.3 Å². The van der Waals surface area contributed by atoms with E-state index < -0.39 is 0 Å². The van der Waals surface area contributed by atoms with Crippen LogP contribution in [0.2, 0.25) is 15.1 Å². The molecule has 0 aromatic heterocycles. The van der Waals surface area contributed by atoms with Gasteiger partial charge in [-0.3, -0.25) is 0 Å². The Bertz CT molecular complexity index is 375. The average Bonchev–Trinajstić information content (AvgIpc) is 2.15. The van der Waals surface area contributed by atoms with Gasteiger partial charge in [-0.1, -0.05) is 40.9 Å². The predicted molar refractivity (Wildman–Crippen MR) is 62.7 cm³/mol. The fourth-order valence-electron chi connectivity index (χ4n) is 1.03. The molecule has 0 unspecified atom stereocenters. The molecular weight excluding hydrogens is 242 g/mol. The molecule has 76 valence electrons. The summed E-state index contributed by atoms with van der Waals surface area (Å²) in [6.07, 6.45) is 0. The van der Waals surface area contributed by atoms with Gasteiger partial charge in [0.2, 0.25) is 0 Å². The minimum atomic E-state index is 0.358. The molecular formula is C9H9Cl3N2. The Morgan fingerprint density at radius 2 is 1.86 bits per heavy atom. The monoisotopic (exact) mass is 250 g/mol. The van der Waals surface area contributed by atoms with Gasteiger partial charge in [0.1, 0.15) is 0 Å². The second-order valence-corrected chi connectivity index (χ2v) is 3.81. The van der Waals surface area contributed by atoms with Crippen LogP contribution in [0, 0.1) is 0 Å². The maximum Gasteiger partial charge on any atom is 0.0785 e. The number of hydrogen-bond acceptors (Lipinski definition) is 2. The summed E-state index contributed by atoms with van der Waals surface area (Å²) < 4.78 is 0. The molecule has 2 nitrogen and oxygen atoms in total. The number of halogens is 3. The van der Waals surface area contributed by atoms with Crippen molar-refractivity contribution in [3.8, 4) is 0 Å². The third-order valence-electron chi connectivity index (χ3n) is 1.70. The highest BCUT2D eigenvalue weighted by atomic mass is 35.5. The lowest BCUT2D eigenvalue weighted by Gasteiger charge is -2.06. The molecule has 0 aliphatic rings. The highest BCUT2D eigenvalue weighted by Gasteiger charge is 2.10. The lowest BCUT2D eigenvalue weighted by molar-refractivity contribution is 0.900. The largest absolute Gasteiger partial charge is 0.313 e. The number of hydrogen-bond donors (Lipinski definition) is 1. The van der Waals surface area contributed by atoms with Crippen LogP contribution in [-0.4, -0.2) is 12.8 Å². The van der Waals surface area contributed by atoms with Gasteiger partial charge in [0.15, 0.2) is 0 Å². The molecule has 0 radical (unpaired) electrons. The predicted octanol–water partition coefficient (Wildman–Crippen LogP) is 3.59. The van der Waals surface area contributed by atoms with Crippen LogP contribution in [0.25, 0.3) is 0 Å². The zero-order valence-electron chi connectivity index (χ0n) is 7.74. The quantitative estimate of drug-likeness (QED) is 0.485. The van der Waals surface area contributed by atoms with Gasteiger partial charge in [-0.15, -0.1) is 0 Å². The lowest BCUT2D eigenvalue weighted by atomic mass is 10.1. The van der Waals surface area contributed by atoms with E-state index in [1.54, 1.807) is 19.2 Å². The van der Waals surface area contributed by atoms with E-state index in [0.29, 0.717) is 15.1 Å². The second-order valence-electron chi connectivity index (χ2n) is 2.64. The highest BCUT2D eigenvalue weighted by molar-refractivity contribution is 6.49. The Balaban J connectivity index is 3.24. The van der Waals surface area contributed by atoms with Crippen LogP contribution in [-0.2, 0) is 0 Å². The Morgan fingerprint density at radius 3 is 2.43 bits per heavy atom. The van der Waals surface area contributed by atoms with Crippen molar-refractivity contribution in [2.45, 2.75) is 6.92 Å². The Labute approximate surface area is 97.9 Å². The first-order valence-corrected chi connectivity index (χ1v) is 5.06. The van der Waals surface area contributed by atoms with E-state index >= 15 is 0 Å². The molecule has 1 aromatic carbocycles. The summed E-state index contributed by atoms with van der Waals surface area (Å²) in [4.78, 5) is 0. The van der Waals surface area contributed by atoms with Crippen LogP contribution in [0.3, 0.4) is 0 Å². The van der Waals surface area contributed by atoms with Crippen LogP contribution in [0.4, 0.5) is 0 Å². The fourth-order valence-corrected chi connectivity index (χ4v) is 1.71. The minimum absolute atomic E-state index is 0.358. The Kier molecular flexibility index (Phi) is 4.05. The summed E-state index contributed by atoms with van der Waals surface area (Å²) in [5, 5.41) is 5.23. The number of rotatable bonds is 2. The van der Waals surface area contributed by atoms with Gasteiger partial charge in [-0.25, -0.2) is 0 Å². The molecule has 0 saturated carbocycles. The maximum atomic E-state index is 6.00. The van der Waals surface area contributed by atoms with E-state index in [2.05, 4.69) is 10.5 Å². The average molecular weight is 252 g/mol. The van der Waals surface area contributed by atoms with E-state index in [1.807, 2.05) is 6.92 Å². The molecule has 0 fully saturated rings. The van der Waals surface area contributed by atoms with Crippen LogP contribution < -0.4 is 5.43 Å². The number of benzene rings is 1. The Hall–Kier alpha value is -0.440. The zero-order valence-corrected chi connectivity index (χ0v) is 10.0. The SMILES string of the molecule is CN/N=C(/C)c1ccc(Cl)c(Cl)c1Cl. The Morgan fingerprint density at radius 1 is 1.21 bits per heavy atom. The van der Waals surface area contributed by atoms with Gasteiger partial charge in [0.05, 0.1) is 20.8 Å². The fraction of sp³-hybridized carbons (Fsp3) is 0.222. The summed E-state index contributed by atoms with van der Waals surface area (Å²) in [6, 6.07) is 3.48. The first-order chi connectivity index (χ1) is 6.57. The maximum absolute atomic E-state index is 6.00. The summed E-state index contributed by atoms with van der Waals surface area (Å²) in [5.74, 6) is 0. The van der Waals surface area contributed by atoms with Gasteiger partial charge in [-0.2, -0.15) is 5.10 Å². The lowest BCUT2D eigenvalue weighted by Crippen LogP contribution is -2.03. The van der Waals surface area contributed by atoms with E-state index in [9.17, 15) is 0 Å². The zero-order chi connectivity index (χ0) is 10.7. The summed E-state index contributed by atoms with van der Waals surface area (Å²) in [7, 11) is 1.72. The molecule has 1 N–H and O–H groups in total. The van der Waals surface area contributed by atoms with Gasteiger partial charge in [0, 0.05) is 12.6 Å². The third-order valence-corrected chi connectivity index (χ3v) is 3.00. The molecule has 5 heteroatoms. The minimum Gasteiger partial charge on any atom is -0.313 e. The first-order valence-electron chi connectivity index (χ1n) is 3.92. The van der Waals surface area contributed by atoms with E-state index in [1.165, 1.54) is 0 Å². The van der Waals surface area contributed by atoms with Gasteiger partial charge in [0.25, 0.3) is 0 Å². The molecule has 14 heavy (non-hydrogen) atoms. The standard InChI is InChI=1S/C9H9Cl3N2/c1-5(14-13-2)6-3-4-7(10)9(12)8(6)11/h3-4,13H,1-2H3/b14-5-. The molecule has 0 atom stereocenters. The molecule has 0 spiro atoms. The summed E-state index contributed by atoms with van der Waals surface area (Å²) in [6.45, 7) is 1.84. The van der Waals surface area contributed by atoms with Crippen molar-refractivity contribution < 1.29 is 0 Å². The summed E-state index contributed by atoms with van der Waals surface area (Å²) >= 11 is 17.7.